The molecule has 5 rings (SSSR count). The van der Waals surface area contributed by atoms with E-state index in [9.17, 15) is 23.9 Å². The molecule has 3 amide bonds. The summed E-state index contributed by atoms with van der Waals surface area (Å²) in [4.78, 5) is 44.3. The molecule has 2 aromatic rings. The fourth-order valence-electron chi connectivity index (χ4n) is 5.48. The van der Waals surface area contributed by atoms with Gasteiger partial charge < -0.3 is 14.7 Å². The number of rotatable bonds is 7. The van der Waals surface area contributed by atoms with Gasteiger partial charge in [-0.3, -0.25) is 29.6 Å². The number of carbonyl (C=O) groups excluding carboxylic acids is 3. The van der Waals surface area contributed by atoms with Gasteiger partial charge in [-0.05, 0) is 74.6 Å². The van der Waals surface area contributed by atoms with Crippen LogP contribution in [0.15, 0.2) is 36.5 Å². The lowest BCUT2D eigenvalue weighted by molar-refractivity contribution is -0.136. The zero-order valence-electron chi connectivity index (χ0n) is 21.7. The van der Waals surface area contributed by atoms with Crippen LogP contribution in [0.2, 0.25) is 0 Å². The Balaban J connectivity index is 1.25. The van der Waals surface area contributed by atoms with E-state index in [4.69, 9.17) is 4.74 Å². The van der Waals surface area contributed by atoms with Crippen LogP contribution >= 0.6 is 0 Å². The maximum Gasteiger partial charge on any atom is 0.255 e. The molecule has 0 aliphatic carbocycles. The Bertz CT molecular complexity index is 1250. The van der Waals surface area contributed by atoms with Gasteiger partial charge in [-0.25, -0.2) is 4.39 Å². The second-order valence-electron chi connectivity index (χ2n) is 10.7. The van der Waals surface area contributed by atoms with Gasteiger partial charge in [0.1, 0.15) is 30.3 Å². The number of nitrogens with one attached hydrogen (secondary N) is 1. The number of aliphatic hydroxyl groups excluding tert-OH is 1. The lowest BCUT2D eigenvalue weighted by Gasteiger charge is -2.39. The van der Waals surface area contributed by atoms with Crippen molar-refractivity contribution in [3.63, 3.8) is 0 Å². The molecule has 2 unspecified atom stereocenters. The summed E-state index contributed by atoms with van der Waals surface area (Å²) in [6.45, 7) is 4.19. The average Bonchev–Trinajstić information content (AvgIpc) is 3.22. The van der Waals surface area contributed by atoms with Crippen molar-refractivity contribution in [2.24, 2.45) is 0 Å². The number of hydrogen-bond donors (Lipinski definition) is 2. The zero-order chi connectivity index (χ0) is 27.0. The zero-order valence-corrected chi connectivity index (χ0v) is 21.7. The number of alkyl halides is 1. The minimum absolute atomic E-state index is 0.0522. The van der Waals surface area contributed by atoms with Crippen molar-refractivity contribution >= 4 is 17.7 Å². The Labute approximate surface area is 221 Å². The van der Waals surface area contributed by atoms with Gasteiger partial charge in [-0.2, -0.15) is 0 Å². The van der Waals surface area contributed by atoms with E-state index in [1.165, 1.54) is 24.9 Å². The summed E-state index contributed by atoms with van der Waals surface area (Å²) >= 11 is 0. The van der Waals surface area contributed by atoms with Gasteiger partial charge in [0.2, 0.25) is 11.8 Å². The third kappa shape index (κ3) is 5.28. The number of benzene rings is 1. The highest BCUT2D eigenvalue weighted by molar-refractivity contribution is 6.05. The van der Waals surface area contributed by atoms with Gasteiger partial charge in [0.05, 0.1) is 5.69 Å². The number of fused-ring (bicyclic) bond motifs is 1. The second kappa shape index (κ2) is 10.4. The van der Waals surface area contributed by atoms with Gasteiger partial charge in [-0.1, -0.05) is 6.42 Å². The van der Waals surface area contributed by atoms with Crippen molar-refractivity contribution in [1.82, 2.24) is 20.1 Å². The Morgan fingerprint density at radius 2 is 2.00 bits per heavy atom. The minimum atomic E-state index is -1.61. The lowest BCUT2D eigenvalue weighted by Crippen LogP contribution is -2.52. The predicted octanol–water partition coefficient (Wildman–Crippen LogP) is 2.97. The molecule has 0 radical (unpaired) electrons. The molecule has 4 heterocycles. The number of pyridine rings is 1. The topological polar surface area (TPSA) is 112 Å². The molecule has 0 bridgehead atoms. The molecule has 0 saturated carbocycles. The molecule has 0 spiro atoms. The number of hydrogen-bond acceptors (Lipinski definition) is 7. The smallest absolute Gasteiger partial charge is 0.255 e. The van der Waals surface area contributed by atoms with E-state index >= 15 is 0 Å². The molecule has 2 saturated heterocycles. The monoisotopic (exact) mass is 524 g/mol. The Morgan fingerprint density at radius 1 is 1.18 bits per heavy atom. The van der Waals surface area contributed by atoms with Crippen LogP contribution in [0.4, 0.5) is 4.39 Å². The van der Waals surface area contributed by atoms with E-state index in [0.29, 0.717) is 36.4 Å². The van der Waals surface area contributed by atoms with E-state index in [2.05, 4.69) is 10.3 Å². The number of piperidine rings is 2. The van der Waals surface area contributed by atoms with Crippen LogP contribution in [0.25, 0.3) is 0 Å². The van der Waals surface area contributed by atoms with Crippen LogP contribution in [0.5, 0.6) is 5.75 Å². The fourth-order valence-corrected chi connectivity index (χ4v) is 5.48. The Kier molecular flexibility index (Phi) is 7.19. The molecule has 202 valence electrons. The largest absolute Gasteiger partial charge is 0.492 e. The van der Waals surface area contributed by atoms with Gasteiger partial charge >= 0.3 is 0 Å². The van der Waals surface area contributed by atoms with Crippen molar-refractivity contribution in [1.29, 1.82) is 0 Å². The number of aromatic nitrogens is 1. The molecular weight excluding hydrogens is 491 g/mol. The van der Waals surface area contributed by atoms with Gasteiger partial charge in [0, 0.05) is 37.3 Å². The minimum Gasteiger partial charge on any atom is -0.492 e. The highest BCUT2D eigenvalue weighted by atomic mass is 19.1. The number of halogens is 1. The van der Waals surface area contributed by atoms with E-state index < -0.39 is 23.8 Å². The van der Waals surface area contributed by atoms with E-state index in [1.807, 2.05) is 11.0 Å². The summed E-state index contributed by atoms with van der Waals surface area (Å²) in [6.07, 6.45) is 3.93. The van der Waals surface area contributed by atoms with Gasteiger partial charge in [-0.15, -0.1) is 0 Å². The number of carbonyl (C=O) groups is 3. The van der Waals surface area contributed by atoms with Crippen molar-refractivity contribution in [3.05, 3.63) is 58.9 Å². The normalized spacial score (nSPS) is 23.3. The lowest BCUT2D eigenvalue weighted by atomic mass is 9.99. The first kappa shape index (κ1) is 26.2. The molecule has 10 heteroatoms. The molecule has 1 aromatic carbocycles. The molecule has 1 aromatic heterocycles. The number of nitrogens with zero attached hydrogens (tertiary/aromatic N) is 3. The second-order valence-corrected chi connectivity index (χ2v) is 10.7. The molecule has 3 aliphatic rings. The highest BCUT2D eigenvalue weighted by Crippen LogP contribution is 2.32. The Hall–Kier alpha value is -3.37. The van der Waals surface area contributed by atoms with Crippen LogP contribution in [-0.4, -0.2) is 62.8 Å². The molecule has 3 atom stereocenters. The summed E-state index contributed by atoms with van der Waals surface area (Å²) in [5.41, 5.74) is 0.565. The third-order valence-corrected chi connectivity index (χ3v) is 7.62. The number of aliphatic hydroxyl groups is 1. The van der Waals surface area contributed by atoms with Gasteiger partial charge in [0.15, 0.2) is 0 Å². The van der Waals surface area contributed by atoms with Crippen LogP contribution in [-0.2, 0) is 21.8 Å². The van der Waals surface area contributed by atoms with E-state index in [1.54, 1.807) is 24.3 Å². The summed E-state index contributed by atoms with van der Waals surface area (Å²) in [5.74, 6) is -0.377. The maximum absolute atomic E-state index is 14.4. The van der Waals surface area contributed by atoms with Gasteiger partial charge in [0.25, 0.3) is 5.91 Å². The van der Waals surface area contributed by atoms with Crippen LogP contribution in [0, 0.1) is 0 Å². The standard InChI is InChI=1S/C28H33FN4O5/c1-28(2,29)23-14-17(10-11-30-23)26(36)32-12-4-3-5-19(32)16-38-20-6-7-21-18(13-20)15-33(27(21)37)22-8-9-24(34)31-25(22)35/h6-7,10-11,13-14,19,22,26,36H,3-5,8-9,12,15-16H2,1-2H3,(H,31,34,35)/t19-,22?,26?/m0/s1. The third-order valence-electron chi connectivity index (χ3n) is 7.62. The first-order valence-electron chi connectivity index (χ1n) is 13.1. The molecule has 38 heavy (non-hydrogen) atoms. The number of ether oxygens (including phenoxy) is 1. The summed E-state index contributed by atoms with van der Waals surface area (Å²) in [6, 6.07) is 7.88. The van der Waals surface area contributed by atoms with E-state index in [0.717, 1.165) is 24.8 Å². The van der Waals surface area contributed by atoms with Crippen molar-refractivity contribution in [2.45, 2.75) is 76.5 Å². The molecule has 2 N–H and O–H groups in total. The van der Waals surface area contributed by atoms with Crippen molar-refractivity contribution in [2.75, 3.05) is 13.2 Å². The van der Waals surface area contributed by atoms with Crippen LogP contribution in [0.3, 0.4) is 0 Å². The molecule has 3 aliphatic heterocycles. The molecule has 9 nitrogen and oxygen atoms in total. The SMILES string of the molecule is CC(C)(F)c1cc(C(O)N2CCCC[C@H]2COc2ccc3c(c2)CN(C2CCC(=O)NC2=O)C3=O)ccn1. The fraction of sp³-hybridized carbons (Fsp3) is 0.500. The summed E-state index contributed by atoms with van der Waals surface area (Å²) < 4.78 is 20.6. The Morgan fingerprint density at radius 3 is 2.76 bits per heavy atom. The van der Waals surface area contributed by atoms with Crippen LogP contribution in [0.1, 0.15) is 79.4 Å². The van der Waals surface area contributed by atoms with Crippen LogP contribution < -0.4 is 10.1 Å². The van der Waals surface area contributed by atoms with E-state index in [-0.39, 0.29) is 36.5 Å². The summed E-state index contributed by atoms with van der Waals surface area (Å²) in [7, 11) is 0. The van der Waals surface area contributed by atoms with Crippen molar-refractivity contribution in [3.8, 4) is 5.75 Å². The van der Waals surface area contributed by atoms with Crippen molar-refractivity contribution < 1.29 is 28.6 Å². The molecule has 2 fully saturated rings. The first-order valence-corrected chi connectivity index (χ1v) is 13.1. The molecular formula is C28H33FN4O5. The number of amides is 3. The number of likely N-dealkylation sites (tertiary alicyclic amines) is 1. The average molecular weight is 525 g/mol. The predicted molar refractivity (Wildman–Crippen MR) is 136 cm³/mol. The highest BCUT2D eigenvalue weighted by Gasteiger charge is 2.39. The summed E-state index contributed by atoms with van der Waals surface area (Å²) in [5, 5.41) is 13.5. The number of imide groups is 1. The quantitative estimate of drug-likeness (QED) is 0.536. The maximum atomic E-state index is 14.4. The first-order chi connectivity index (χ1) is 18.1.